The van der Waals surface area contributed by atoms with Crippen LogP contribution in [0.2, 0.25) is 0 Å². The predicted octanol–water partition coefficient (Wildman–Crippen LogP) is 2.20. The highest BCUT2D eigenvalue weighted by atomic mass is 16.4. The van der Waals surface area contributed by atoms with Crippen LogP contribution in [0.15, 0.2) is 5.16 Å². The zero-order valence-electron chi connectivity index (χ0n) is 9.10. The first kappa shape index (κ1) is 9.49. The van der Waals surface area contributed by atoms with E-state index in [9.17, 15) is 0 Å². The van der Waals surface area contributed by atoms with Gasteiger partial charge in [0.1, 0.15) is 5.84 Å². The van der Waals surface area contributed by atoms with Crippen molar-refractivity contribution in [2.45, 2.75) is 38.5 Å². The van der Waals surface area contributed by atoms with Crippen molar-refractivity contribution in [1.29, 1.82) is 0 Å². The van der Waals surface area contributed by atoms with Crippen molar-refractivity contribution in [2.75, 3.05) is 0 Å². The monoisotopic (exact) mass is 208 g/mol. The molecule has 0 aliphatic heterocycles. The highest BCUT2D eigenvalue weighted by molar-refractivity contribution is 5.82. The van der Waals surface area contributed by atoms with E-state index in [1.165, 1.54) is 38.5 Å². The van der Waals surface area contributed by atoms with Gasteiger partial charge in [-0.05, 0) is 62.2 Å². The smallest absolute Gasteiger partial charge is 0.142 e. The fourth-order valence-corrected chi connectivity index (χ4v) is 4.55. The minimum absolute atomic E-state index is 0.371. The first-order valence-corrected chi connectivity index (χ1v) is 6.23. The molecule has 4 aliphatic carbocycles. The SMILES string of the molecule is N/C(=N\O)C1CC2CC3CC(C2)CC1C3. The van der Waals surface area contributed by atoms with E-state index in [1.54, 1.807) is 0 Å². The molecule has 4 bridgehead atoms. The number of amidine groups is 1. The first-order chi connectivity index (χ1) is 7.26. The van der Waals surface area contributed by atoms with Gasteiger partial charge in [-0.1, -0.05) is 5.16 Å². The van der Waals surface area contributed by atoms with Crippen LogP contribution < -0.4 is 5.73 Å². The molecule has 15 heavy (non-hydrogen) atoms. The number of hydrogen-bond acceptors (Lipinski definition) is 2. The van der Waals surface area contributed by atoms with Gasteiger partial charge in [-0.2, -0.15) is 0 Å². The van der Waals surface area contributed by atoms with Gasteiger partial charge in [-0.3, -0.25) is 0 Å². The molecule has 0 aromatic heterocycles. The maximum Gasteiger partial charge on any atom is 0.142 e. The lowest BCUT2D eigenvalue weighted by atomic mass is 9.67. The maximum absolute atomic E-state index is 8.84. The van der Waals surface area contributed by atoms with Gasteiger partial charge in [0.15, 0.2) is 0 Å². The van der Waals surface area contributed by atoms with E-state index >= 15 is 0 Å². The first-order valence-electron chi connectivity index (χ1n) is 6.23. The Morgan fingerprint density at radius 3 is 2.00 bits per heavy atom. The Kier molecular flexibility index (Phi) is 2.15. The lowest BCUT2D eigenvalue weighted by Crippen LogP contribution is -2.32. The molecule has 4 aliphatic rings. The second-order valence-corrected chi connectivity index (χ2v) is 5.90. The summed E-state index contributed by atoms with van der Waals surface area (Å²) in [6.07, 6.45) is 8.09. The third-order valence-electron chi connectivity index (χ3n) is 4.92. The minimum Gasteiger partial charge on any atom is -0.409 e. The summed E-state index contributed by atoms with van der Waals surface area (Å²) in [7, 11) is 0. The van der Waals surface area contributed by atoms with Gasteiger partial charge >= 0.3 is 0 Å². The molecule has 3 N–H and O–H groups in total. The molecular formula is C12H20N2O. The van der Waals surface area contributed by atoms with Crippen LogP contribution in [0, 0.1) is 29.6 Å². The lowest BCUT2D eigenvalue weighted by molar-refractivity contribution is 0.130. The average Bonchev–Trinajstić information content (AvgIpc) is 2.42. The van der Waals surface area contributed by atoms with Crippen molar-refractivity contribution in [3.8, 4) is 0 Å². The number of nitrogens with two attached hydrogens (primary N) is 1. The quantitative estimate of drug-likeness (QED) is 0.300. The van der Waals surface area contributed by atoms with Crippen molar-refractivity contribution in [3.05, 3.63) is 0 Å². The summed E-state index contributed by atoms with van der Waals surface area (Å²) in [5.74, 6) is 4.32. The summed E-state index contributed by atoms with van der Waals surface area (Å²) in [5, 5.41) is 12.1. The lowest BCUT2D eigenvalue weighted by Gasteiger charge is -2.38. The Labute approximate surface area is 90.7 Å². The van der Waals surface area contributed by atoms with Crippen molar-refractivity contribution >= 4 is 5.84 Å². The number of nitrogens with zero attached hydrogens (tertiary/aromatic N) is 1. The molecular weight excluding hydrogens is 188 g/mol. The molecule has 0 aromatic rings. The highest BCUT2D eigenvalue weighted by Crippen LogP contribution is 2.53. The van der Waals surface area contributed by atoms with Gasteiger partial charge in [0.25, 0.3) is 0 Å². The van der Waals surface area contributed by atoms with Crippen LogP contribution in [0.5, 0.6) is 0 Å². The van der Waals surface area contributed by atoms with E-state index in [0.29, 0.717) is 17.7 Å². The molecule has 3 atom stereocenters. The molecule has 0 spiro atoms. The number of oxime groups is 1. The van der Waals surface area contributed by atoms with Crippen LogP contribution in [0.4, 0.5) is 0 Å². The summed E-state index contributed by atoms with van der Waals surface area (Å²) in [6, 6.07) is 0. The molecule has 3 heteroatoms. The fourth-order valence-electron chi connectivity index (χ4n) is 4.55. The number of hydrogen-bond donors (Lipinski definition) is 2. The molecule has 0 amide bonds. The number of fused-ring (bicyclic) bond motifs is 1. The topological polar surface area (TPSA) is 58.6 Å². The molecule has 0 heterocycles. The maximum atomic E-state index is 8.84. The van der Waals surface area contributed by atoms with Gasteiger partial charge in [-0.15, -0.1) is 0 Å². The van der Waals surface area contributed by atoms with Crippen molar-refractivity contribution in [2.24, 2.45) is 40.5 Å². The molecule has 4 rings (SSSR count). The van der Waals surface area contributed by atoms with Gasteiger partial charge < -0.3 is 10.9 Å². The van der Waals surface area contributed by atoms with E-state index < -0.39 is 0 Å². The standard InChI is InChI=1S/C12H20N2O/c13-12(14-15)11-6-9-2-7-1-8(3-9)5-10(11)4-7/h7-11,15H,1-6H2,(H2,13,14). The summed E-state index contributed by atoms with van der Waals surface area (Å²) in [4.78, 5) is 0. The molecule has 4 saturated carbocycles. The molecule has 3 nitrogen and oxygen atoms in total. The predicted molar refractivity (Wildman–Crippen MR) is 58.6 cm³/mol. The van der Waals surface area contributed by atoms with Crippen molar-refractivity contribution in [3.63, 3.8) is 0 Å². The van der Waals surface area contributed by atoms with Gasteiger partial charge in [0.2, 0.25) is 0 Å². The molecule has 84 valence electrons. The highest BCUT2D eigenvalue weighted by Gasteiger charge is 2.44. The summed E-state index contributed by atoms with van der Waals surface area (Å²) in [5.41, 5.74) is 5.83. The Morgan fingerprint density at radius 1 is 0.933 bits per heavy atom. The van der Waals surface area contributed by atoms with Crippen LogP contribution in [0.25, 0.3) is 0 Å². The fraction of sp³-hybridized carbons (Fsp3) is 0.917. The number of rotatable bonds is 1. The van der Waals surface area contributed by atoms with Crippen molar-refractivity contribution < 1.29 is 5.21 Å². The van der Waals surface area contributed by atoms with E-state index in [1.807, 2.05) is 0 Å². The minimum atomic E-state index is 0.371. The third kappa shape index (κ3) is 1.52. The van der Waals surface area contributed by atoms with Crippen LogP contribution in [-0.2, 0) is 0 Å². The van der Waals surface area contributed by atoms with Crippen LogP contribution in [0.3, 0.4) is 0 Å². The second-order valence-electron chi connectivity index (χ2n) is 5.90. The van der Waals surface area contributed by atoms with E-state index in [-0.39, 0.29) is 0 Å². The normalized spacial score (nSPS) is 49.3. The largest absolute Gasteiger partial charge is 0.409 e. The van der Waals surface area contributed by atoms with Gasteiger partial charge in [0, 0.05) is 5.92 Å². The van der Waals surface area contributed by atoms with Crippen LogP contribution in [-0.4, -0.2) is 11.0 Å². The summed E-state index contributed by atoms with van der Waals surface area (Å²) < 4.78 is 0. The Morgan fingerprint density at radius 2 is 1.47 bits per heavy atom. The van der Waals surface area contributed by atoms with Crippen molar-refractivity contribution in [1.82, 2.24) is 0 Å². The molecule has 0 radical (unpaired) electrons. The second kappa shape index (κ2) is 3.39. The zero-order chi connectivity index (χ0) is 10.4. The third-order valence-corrected chi connectivity index (χ3v) is 4.92. The molecule has 0 aromatic carbocycles. The Balaban J connectivity index is 1.88. The zero-order valence-corrected chi connectivity index (χ0v) is 9.10. The van der Waals surface area contributed by atoms with E-state index in [4.69, 9.17) is 10.9 Å². The molecule has 3 unspecified atom stereocenters. The Bertz CT molecular complexity index is 275. The van der Waals surface area contributed by atoms with E-state index in [2.05, 4.69) is 5.16 Å². The average molecular weight is 208 g/mol. The van der Waals surface area contributed by atoms with Gasteiger partial charge in [0.05, 0.1) is 0 Å². The summed E-state index contributed by atoms with van der Waals surface area (Å²) in [6.45, 7) is 0. The molecule has 4 fully saturated rings. The summed E-state index contributed by atoms with van der Waals surface area (Å²) >= 11 is 0. The van der Waals surface area contributed by atoms with Crippen LogP contribution >= 0.6 is 0 Å². The molecule has 0 saturated heterocycles. The Hall–Kier alpha value is -0.730. The van der Waals surface area contributed by atoms with Gasteiger partial charge in [-0.25, -0.2) is 0 Å². The van der Waals surface area contributed by atoms with Crippen LogP contribution in [0.1, 0.15) is 38.5 Å². The van der Waals surface area contributed by atoms with E-state index in [0.717, 1.165) is 17.8 Å².